The molecule has 8 rings (SSSR count). The van der Waals surface area contributed by atoms with Crippen molar-refractivity contribution in [2.24, 2.45) is 9.98 Å². The molecule has 0 saturated heterocycles. The zero-order valence-electron chi connectivity index (χ0n) is 30.5. The fourth-order valence-corrected chi connectivity index (χ4v) is 7.08. The number of hydrogen-bond donors (Lipinski definition) is 1. The SMILES string of the molecule is CBr.Cc1c(Cl)cc(-c2ccc(C3COC(c4c(F)cccc4F)=N3)cc2)cc1Cl.Oc1c(Cl)cc(-c2ccc(C3COC(c4c(F)cccc4F)=N3)cc2)cc1Cl. The number of benzene rings is 6. The smallest absolute Gasteiger partial charge is 0.222 e. The summed E-state index contributed by atoms with van der Waals surface area (Å²) in [6.45, 7) is 2.29. The molecule has 0 saturated carbocycles. The van der Waals surface area contributed by atoms with Crippen molar-refractivity contribution in [3.63, 3.8) is 0 Å². The molecule has 0 fully saturated rings. The van der Waals surface area contributed by atoms with Crippen LogP contribution in [-0.2, 0) is 9.47 Å². The molecule has 2 heterocycles. The molecule has 2 aliphatic rings. The molecule has 0 bridgehead atoms. The average molecular weight is 933 g/mol. The third kappa shape index (κ3) is 9.48. The molecule has 6 aromatic rings. The van der Waals surface area contributed by atoms with E-state index < -0.39 is 23.3 Å². The maximum absolute atomic E-state index is 13.9. The Balaban J connectivity index is 0.000000188. The van der Waals surface area contributed by atoms with E-state index in [2.05, 4.69) is 25.9 Å². The second kappa shape index (κ2) is 19.0. The molecule has 6 aromatic carbocycles. The van der Waals surface area contributed by atoms with Crippen LogP contribution in [0.5, 0.6) is 5.75 Å². The molecule has 2 unspecified atom stereocenters. The van der Waals surface area contributed by atoms with Crippen LogP contribution in [0.3, 0.4) is 0 Å². The third-order valence-corrected chi connectivity index (χ3v) is 10.6. The van der Waals surface area contributed by atoms with E-state index in [4.69, 9.17) is 55.9 Å². The summed E-state index contributed by atoms with van der Waals surface area (Å²) >= 11 is 27.3. The first-order valence-electron chi connectivity index (χ1n) is 17.4. The molecular weight excluding hydrogens is 902 g/mol. The van der Waals surface area contributed by atoms with Crippen LogP contribution in [0, 0.1) is 30.2 Å². The number of aliphatic imine (C=N–C) groups is 2. The van der Waals surface area contributed by atoms with Gasteiger partial charge in [-0.05, 0) is 100 Å². The molecule has 0 amide bonds. The molecule has 0 aromatic heterocycles. The van der Waals surface area contributed by atoms with Crippen LogP contribution in [0.2, 0.25) is 20.1 Å². The minimum absolute atomic E-state index is 0.0122. The Morgan fingerprint density at radius 1 is 0.534 bits per heavy atom. The van der Waals surface area contributed by atoms with Crippen molar-refractivity contribution in [3.8, 4) is 28.0 Å². The van der Waals surface area contributed by atoms with Crippen molar-refractivity contribution in [2.75, 3.05) is 19.0 Å². The molecule has 5 nitrogen and oxygen atoms in total. The van der Waals surface area contributed by atoms with Crippen LogP contribution in [0.15, 0.2) is 119 Å². The Morgan fingerprint density at radius 2 is 0.862 bits per heavy atom. The lowest BCUT2D eigenvalue weighted by molar-refractivity contribution is 0.317. The Bertz CT molecular complexity index is 2260. The lowest BCUT2D eigenvalue weighted by Crippen LogP contribution is -2.07. The zero-order valence-corrected chi connectivity index (χ0v) is 35.1. The first kappa shape index (κ1) is 43.0. The summed E-state index contributed by atoms with van der Waals surface area (Å²) in [5.41, 5.74) is 5.54. The standard InChI is InChI=1S/C22H15Cl2F2NO.C21H13Cl2F2NO2.CH3Br/c1-12-16(23)9-15(10-17(12)24)13-5-7-14(8-6-13)20-11-28-22(27-20)21-18(25)3-2-4-19(21)26;22-14-8-13(9-15(23)20(14)27)11-4-6-12(7-5-11)18-10-28-21(26-18)19-16(24)2-1-3-17(19)25;1-2/h2-10,20H,11H2,1H3;1-9,18,27H,10H2;1H3. The molecule has 0 spiro atoms. The summed E-state index contributed by atoms with van der Waals surface area (Å²) < 4.78 is 66.6. The van der Waals surface area contributed by atoms with Gasteiger partial charge in [0.15, 0.2) is 5.75 Å². The first-order chi connectivity index (χ1) is 27.9. The lowest BCUT2D eigenvalue weighted by Gasteiger charge is -2.09. The van der Waals surface area contributed by atoms with Gasteiger partial charge in [-0.1, -0.05) is 123 Å². The third-order valence-electron chi connectivity index (χ3n) is 9.21. The van der Waals surface area contributed by atoms with Crippen LogP contribution in [0.1, 0.15) is 39.9 Å². The van der Waals surface area contributed by atoms with Gasteiger partial charge in [0.05, 0.1) is 10.0 Å². The maximum Gasteiger partial charge on any atom is 0.222 e. The van der Waals surface area contributed by atoms with Crippen LogP contribution in [-0.4, -0.2) is 35.9 Å². The number of hydrogen-bond acceptors (Lipinski definition) is 5. The van der Waals surface area contributed by atoms with Crippen molar-refractivity contribution in [1.29, 1.82) is 0 Å². The highest BCUT2D eigenvalue weighted by Gasteiger charge is 2.27. The van der Waals surface area contributed by atoms with Gasteiger partial charge in [-0.15, -0.1) is 0 Å². The number of rotatable bonds is 6. The summed E-state index contributed by atoms with van der Waals surface area (Å²) in [4.78, 5) is 8.70. The van der Waals surface area contributed by atoms with Crippen LogP contribution < -0.4 is 0 Å². The first-order valence-corrected chi connectivity index (χ1v) is 20.5. The molecule has 298 valence electrons. The number of nitrogens with zero attached hydrogens (tertiary/aromatic N) is 2. The summed E-state index contributed by atoms with van der Waals surface area (Å²) in [6, 6.07) is 28.7. The highest BCUT2D eigenvalue weighted by Crippen LogP contribution is 2.38. The van der Waals surface area contributed by atoms with E-state index in [1.54, 1.807) is 12.1 Å². The zero-order chi connectivity index (χ0) is 41.7. The number of aromatic hydroxyl groups is 1. The van der Waals surface area contributed by atoms with E-state index in [-0.39, 0.29) is 64.0 Å². The van der Waals surface area contributed by atoms with Gasteiger partial charge in [0.25, 0.3) is 0 Å². The Hall–Kier alpha value is -4.58. The molecule has 14 heteroatoms. The predicted octanol–water partition coefficient (Wildman–Crippen LogP) is 13.9. The highest BCUT2D eigenvalue weighted by atomic mass is 79.9. The predicted molar refractivity (Wildman–Crippen MR) is 228 cm³/mol. The van der Waals surface area contributed by atoms with Gasteiger partial charge < -0.3 is 14.6 Å². The summed E-state index contributed by atoms with van der Waals surface area (Å²) in [5.74, 6) is -1.21. The summed E-state index contributed by atoms with van der Waals surface area (Å²) in [6.07, 6.45) is 0. The highest BCUT2D eigenvalue weighted by molar-refractivity contribution is 9.08. The van der Waals surface area contributed by atoms with Crippen molar-refractivity contribution in [1.82, 2.24) is 0 Å². The van der Waals surface area contributed by atoms with E-state index in [9.17, 15) is 22.7 Å². The fraction of sp³-hybridized carbons (Fsp3) is 0.136. The van der Waals surface area contributed by atoms with Gasteiger partial charge in [0.2, 0.25) is 11.8 Å². The number of ether oxygens (including phenoxy) is 2. The Morgan fingerprint density at radius 3 is 1.21 bits per heavy atom. The summed E-state index contributed by atoms with van der Waals surface area (Å²) in [7, 11) is 0. The molecule has 1 N–H and O–H groups in total. The van der Waals surface area contributed by atoms with Gasteiger partial charge >= 0.3 is 0 Å². The number of phenols is 1. The Kier molecular flexibility index (Phi) is 14.1. The van der Waals surface area contributed by atoms with Crippen LogP contribution >= 0.6 is 62.3 Å². The molecule has 0 aliphatic carbocycles. The monoisotopic (exact) mass is 930 g/mol. The van der Waals surface area contributed by atoms with E-state index in [0.29, 0.717) is 10.0 Å². The molecular formula is C44H31BrCl4F4N2O3. The van der Waals surface area contributed by atoms with E-state index >= 15 is 0 Å². The van der Waals surface area contributed by atoms with Gasteiger partial charge in [0.1, 0.15) is 59.7 Å². The van der Waals surface area contributed by atoms with Crippen molar-refractivity contribution in [2.45, 2.75) is 19.0 Å². The van der Waals surface area contributed by atoms with Gasteiger partial charge in [0, 0.05) is 10.0 Å². The molecule has 0 radical (unpaired) electrons. The number of alkyl halides is 1. The number of phenolic OH excluding ortho intramolecular Hbond substituents is 1. The minimum Gasteiger partial charge on any atom is -0.505 e. The van der Waals surface area contributed by atoms with Gasteiger partial charge in [-0.3, -0.25) is 0 Å². The van der Waals surface area contributed by atoms with Crippen LogP contribution in [0.25, 0.3) is 22.3 Å². The average Bonchev–Trinajstić information content (AvgIpc) is 3.91. The van der Waals surface area contributed by atoms with Crippen LogP contribution in [0.4, 0.5) is 17.6 Å². The van der Waals surface area contributed by atoms with Crippen molar-refractivity contribution < 1.29 is 32.1 Å². The quantitative estimate of drug-likeness (QED) is 0.134. The molecule has 58 heavy (non-hydrogen) atoms. The molecule has 2 aliphatic heterocycles. The largest absolute Gasteiger partial charge is 0.505 e. The topological polar surface area (TPSA) is 63.4 Å². The minimum atomic E-state index is -0.712. The second-order valence-electron chi connectivity index (χ2n) is 12.8. The van der Waals surface area contributed by atoms with E-state index in [1.165, 1.54) is 36.4 Å². The molecule has 2 atom stereocenters. The Labute approximate surface area is 360 Å². The summed E-state index contributed by atoms with van der Waals surface area (Å²) in [5, 5.41) is 11.2. The fourth-order valence-electron chi connectivity index (χ4n) is 6.11. The second-order valence-corrected chi connectivity index (χ2v) is 14.4. The number of halogens is 9. The lowest BCUT2D eigenvalue weighted by atomic mass is 10.0. The van der Waals surface area contributed by atoms with Gasteiger partial charge in [-0.25, -0.2) is 27.5 Å². The van der Waals surface area contributed by atoms with Crippen molar-refractivity contribution in [3.05, 3.63) is 180 Å². The normalized spacial score (nSPS) is 15.6. The van der Waals surface area contributed by atoms with Gasteiger partial charge in [-0.2, -0.15) is 0 Å². The van der Waals surface area contributed by atoms with E-state index in [1.807, 2.05) is 73.4 Å². The maximum atomic E-state index is 13.9. The van der Waals surface area contributed by atoms with E-state index in [0.717, 1.165) is 38.9 Å². The van der Waals surface area contributed by atoms with Crippen molar-refractivity contribution >= 4 is 74.1 Å².